The van der Waals surface area contributed by atoms with E-state index in [0.717, 1.165) is 23.8 Å². The number of rotatable bonds is 5. The predicted molar refractivity (Wildman–Crippen MR) is 91.9 cm³/mol. The van der Waals surface area contributed by atoms with Crippen LogP contribution in [-0.2, 0) is 5.41 Å². The smallest absolute Gasteiger partial charge is 0.251 e. The lowest BCUT2D eigenvalue weighted by Gasteiger charge is -2.19. The van der Waals surface area contributed by atoms with Crippen LogP contribution >= 0.6 is 0 Å². The first kappa shape index (κ1) is 17.4. The quantitative estimate of drug-likeness (QED) is 0.890. The molecule has 2 unspecified atom stereocenters. The zero-order valence-electron chi connectivity index (χ0n) is 14.5. The topological polar surface area (TPSA) is 38.3 Å². The van der Waals surface area contributed by atoms with Gasteiger partial charge in [0.15, 0.2) is 0 Å². The summed E-state index contributed by atoms with van der Waals surface area (Å²) in [5, 5.41) is 2.90. The van der Waals surface area contributed by atoms with Crippen LogP contribution in [0.3, 0.4) is 0 Å². The Bertz CT molecular complexity index is 821. The molecule has 3 nitrogen and oxygen atoms in total. The van der Waals surface area contributed by atoms with Crippen molar-refractivity contribution in [3.8, 4) is 5.75 Å². The van der Waals surface area contributed by atoms with Crippen LogP contribution in [0.1, 0.15) is 34.8 Å². The minimum atomic E-state index is -0.595. The molecule has 0 saturated heterocycles. The van der Waals surface area contributed by atoms with Gasteiger partial charge < -0.3 is 10.1 Å². The Hall–Kier alpha value is -2.43. The number of halogens is 2. The van der Waals surface area contributed by atoms with Crippen molar-refractivity contribution in [2.75, 3.05) is 13.7 Å². The first-order chi connectivity index (χ1) is 11.9. The van der Waals surface area contributed by atoms with E-state index in [9.17, 15) is 13.6 Å². The third-order valence-corrected chi connectivity index (χ3v) is 5.14. The SMILES string of the molecule is COc1ccc(C(=O)NCC2(c3ccc(F)cc3F)CC2C)cc1C. The highest BCUT2D eigenvalue weighted by molar-refractivity contribution is 5.94. The minimum absolute atomic E-state index is 0.216. The fourth-order valence-electron chi connectivity index (χ4n) is 3.46. The van der Waals surface area contributed by atoms with Gasteiger partial charge in [-0.2, -0.15) is 0 Å². The monoisotopic (exact) mass is 345 g/mol. The summed E-state index contributed by atoms with van der Waals surface area (Å²) in [5.74, 6) is -0.421. The number of ether oxygens (including phenoxy) is 1. The van der Waals surface area contributed by atoms with Gasteiger partial charge in [0, 0.05) is 23.6 Å². The molecule has 0 heterocycles. The molecule has 1 N–H and O–H groups in total. The van der Waals surface area contributed by atoms with Crippen molar-refractivity contribution in [2.45, 2.75) is 25.7 Å². The number of hydrogen-bond acceptors (Lipinski definition) is 2. The number of methoxy groups -OCH3 is 1. The Balaban J connectivity index is 1.75. The average molecular weight is 345 g/mol. The molecular formula is C20H21F2NO2. The first-order valence-electron chi connectivity index (χ1n) is 8.26. The summed E-state index contributed by atoms with van der Waals surface area (Å²) in [5.41, 5.74) is 1.40. The summed E-state index contributed by atoms with van der Waals surface area (Å²) < 4.78 is 32.5. The maximum atomic E-state index is 14.2. The number of benzene rings is 2. The van der Waals surface area contributed by atoms with Crippen LogP contribution in [0.2, 0.25) is 0 Å². The second-order valence-electron chi connectivity index (χ2n) is 6.75. The Morgan fingerprint density at radius 3 is 2.56 bits per heavy atom. The molecule has 1 aliphatic rings. The van der Waals surface area contributed by atoms with Gasteiger partial charge in [0.2, 0.25) is 0 Å². The van der Waals surface area contributed by atoms with E-state index >= 15 is 0 Å². The third-order valence-electron chi connectivity index (χ3n) is 5.14. The maximum absolute atomic E-state index is 14.2. The molecule has 1 saturated carbocycles. The van der Waals surface area contributed by atoms with E-state index in [1.807, 2.05) is 13.8 Å². The fraction of sp³-hybridized carbons (Fsp3) is 0.350. The number of nitrogens with one attached hydrogen (secondary N) is 1. The first-order valence-corrected chi connectivity index (χ1v) is 8.26. The number of carbonyl (C=O) groups excluding carboxylic acids is 1. The molecule has 1 aliphatic carbocycles. The number of carbonyl (C=O) groups is 1. The third kappa shape index (κ3) is 3.23. The van der Waals surface area contributed by atoms with Crippen molar-refractivity contribution in [2.24, 2.45) is 5.92 Å². The van der Waals surface area contributed by atoms with Crippen molar-refractivity contribution in [3.63, 3.8) is 0 Å². The summed E-state index contributed by atoms with van der Waals surface area (Å²) in [7, 11) is 1.58. The zero-order valence-corrected chi connectivity index (χ0v) is 14.5. The highest BCUT2D eigenvalue weighted by Gasteiger charge is 2.53. The Kier molecular flexibility index (Phi) is 4.50. The van der Waals surface area contributed by atoms with Crippen molar-refractivity contribution in [1.82, 2.24) is 5.32 Å². The van der Waals surface area contributed by atoms with Crippen molar-refractivity contribution in [3.05, 3.63) is 64.7 Å². The molecular weight excluding hydrogens is 324 g/mol. The molecule has 2 atom stereocenters. The lowest BCUT2D eigenvalue weighted by molar-refractivity contribution is 0.0948. The van der Waals surface area contributed by atoms with Gasteiger partial charge in [-0.3, -0.25) is 4.79 Å². The number of hydrogen-bond donors (Lipinski definition) is 1. The van der Waals surface area contributed by atoms with Gasteiger partial charge in [-0.05, 0) is 54.7 Å². The summed E-state index contributed by atoms with van der Waals surface area (Å²) in [6.07, 6.45) is 0.761. The Labute approximate surface area is 146 Å². The molecule has 0 aromatic heterocycles. The molecule has 2 aromatic carbocycles. The molecule has 0 spiro atoms. The zero-order chi connectivity index (χ0) is 18.2. The van der Waals surface area contributed by atoms with Gasteiger partial charge in [-0.15, -0.1) is 0 Å². The van der Waals surface area contributed by atoms with E-state index in [1.165, 1.54) is 12.1 Å². The molecule has 2 aromatic rings. The van der Waals surface area contributed by atoms with Crippen molar-refractivity contribution >= 4 is 5.91 Å². The van der Waals surface area contributed by atoms with Crippen LogP contribution in [0, 0.1) is 24.5 Å². The molecule has 0 radical (unpaired) electrons. The highest BCUT2D eigenvalue weighted by atomic mass is 19.1. The molecule has 0 bridgehead atoms. The predicted octanol–water partition coefficient (Wildman–Crippen LogP) is 3.99. The van der Waals surface area contributed by atoms with E-state index in [-0.39, 0.29) is 11.8 Å². The van der Waals surface area contributed by atoms with Crippen LogP contribution in [0.15, 0.2) is 36.4 Å². The molecule has 0 aliphatic heterocycles. The summed E-state index contributed by atoms with van der Waals surface area (Å²) in [4.78, 5) is 12.4. The Morgan fingerprint density at radius 1 is 1.28 bits per heavy atom. The van der Waals surface area contributed by atoms with Crippen LogP contribution in [-0.4, -0.2) is 19.6 Å². The minimum Gasteiger partial charge on any atom is -0.496 e. The number of aryl methyl sites for hydroxylation is 1. The standard InChI is InChI=1S/C20H21F2NO2/c1-12-8-14(4-7-18(12)25-3)19(24)23-11-20(10-13(20)2)16-6-5-15(21)9-17(16)22/h4-9,13H,10-11H2,1-3H3,(H,23,24). The molecule has 1 amide bonds. The van der Waals surface area contributed by atoms with E-state index in [1.54, 1.807) is 25.3 Å². The molecule has 3 rings (SSSR count). The van der Waals surface area contributed by atoms with Crippen LogP contribution in [0.5, 0.6) is 5.75 Å². The molecule has 1 fully saturated rings. The lowest BCUT2D eigenvalue weighted by atomic mass is 9.92. The maximum Gasteiger partial charge on any atom is 0.251 e. The largest absolute Gasteiger partial charge is 0.496 e. The van der Waals surface area contributed by atoms with Gasteiger partial charge in [0.25, 0.3) is 5.91 Å². The van der Waals surface area contributed by atoms with Gasteiger partial charge in [0.05, 0.1) is 7.11 Å². The van der Waals surface area contributed by atoms with Crippen LogP contribution < -0.4 is 10.1 Å². The van der Waals surface area contributed by atoms with Crippen molar-refractivity contribution in [1.29, 1.82) is 0 Å². The summed E-state index contributed by atoms with van der Waals surface area (Å²) in [6, 6.07) is 8.85. The molecule has 132 valence electrons. The normalized spacial score (nSPS) is 21.7. The molecule has 5 heteroatoms. The van der Waals surface area contributed by atoms with E-state index in [4.69, 9.17) is 4.74 Å². The van der Waals surface area contributed by atoms with E-state index < -0.39 is 17.0 Å². The van der Waals surface area contributed by atoms with Crippen molar-refractivity contribution < 1.29 is 18.3 Å². The summed E-state index contributed by atoms with van der Waals surface area (Å²) in [6.45, 7) is 4.20. The summed E-state index contributed by atoms with van der Waals surface area (Å²) >= 11 is 0. The van der Waals surface area contributed by atoms with Gasteiger partial charge in [0.1, 0.15) is 17.4 Å². The van der Waals surface area contributed by atoms with E-state index in [0.29, 0.717) is 17.7 Å². The van der Waals surface area contributed by atoms with Crippen LogP contribution in [0.4, 0.5) is 8.78 Å². The Morgan fingerprint density at radius 2 is 2.00 bits per heavy atom. The lowest BCUT2D eigenvalue weighted by Crippen LogP contribution is -2.33. The average Bonchev–Trinajstić information content (AvgIpc) is 3.23. The second-order valence-corrected chi connectivity index (χ2v) is 6.75. The van der Waals surface area contributed by atoms with Crippen LogP contribution in [0.25, 0.3) is 0 Å². The second kappa shape index (κ2) is 6.47. The van der Waals surface area contributed by atoms with Gasteiger partial charge >= 0.3 is 0 Å². The fourth-order valence-corrected chi connectivity index (χ4v) is 3.46. The van der Waals surface area contributed by atoms with Gasteiger partial charge in [-0.25, -0.2) is 8.78 Å². The number of amides is 1. The van der Waals surface area contributed by atoms with E-state index in [2.05, 4.69) is 5.32 Å². The highest BCUT2D eigenvalue weighted by Crippen LogP contribution is 2.54. The van der Waals surface area contributed by atoms with Gasteiger partial charge in [-0.1, -0.05) is 13.0 Å². The molecule has 25 heavy (non-hydrogen) atoms.